The molecule has 3 aromatic rings. The lowest BCUT2D eigenvalue weighted by atomic mass is 10.1. The van der Waals surface area contributed by atoms with Gasteiger partial charge in [0.1, 0.15) is 28.9 Å². The van der Waals surface area contributed by atoms with Crippen LogP contribution in [0.5, 0.6) is 10.8 Å². The summed E-state index contributed by atoms with van der Waals surface area (Å²) in [4.78, 5) is 6.32. The van der Waals surface area contributed by atoms with Crippen LogP contribution in [-0.2, 0) is 0 Å². The van der Waals surface area contributed by atoms with Gasteiger partial charge in [0.05, 0.1) is 12.0 Å². The van der Waals surface area contributed by atoms with Gasteiger partial charge >= 0.3 is 0 Å². The van der Waals surface area contributed by atoms with E-state index in [2.05, 4.69) is 15.4 Å². The van der Waals surface area contributed by atoms with Crippen LogP contribution in [0.25, 0.3) is 11.3 Å². The summed E-state index contributed by atoms with van der Waals surface area (Å²) in [5.74, 6) is 0.309. The zero-order valence-corrected chi connectivity index (χ0v) is 16.8. The number of benzene rings is 2. The molecule has 0 unspecified atom stereocenters. The SMILES string of the molecule is Cc1cc(Oc2snc(-c3ccc(F)cc3)c2C#N)c(C)cc1/N=C\N(C)C. The van der Waals surface area contributed by atoms with Crippen LogP contribution in [0.3, 0.4) is 0 Å². The van der Waals surface area contributed by atoms with Crippen LogP contribution in [-0.4, -0.2) is 29.7 Å². The third kappa shape index (κ3) is 4.18. The van der Waals surface area contributed by atoms with E-state index in [9.17, 15) is 9.65 Å². The zero-order valence-electron chi connectivity index (χ0n) is 16.0. The van der Waals surface area contributed by atoms with E-state index in [-0.39, 0.29) is 5.82 Å². The Morgan fingerprint density at radius 3 is 2.54 bits per heavy atom. The molecule has 7 heteroatoms. The van der Waals surface area contributed by atoms with E-state index in [0.717, 1.165) is 28.3 Å². The molecule has 0 bridgehead atoms. The van der Waals surface area contributed by atoms with Crippen molar-refractivity contribution in [3.05, 3.63) is 58.9 Å². The standard InChI is InChI=1S/C21H19FN4OS/c1-13-10-19(14(2)9-18(13)24-12-26(3)4)27-21-17(11-23)20(25-28-21)15-5-7-16(22)8-6-15/h5-10,12H,1-4H3/b24-12-. The average molecular weight is 394 g/mol. The maximum Gasteiger partial charge on any atom is 0.218 e. The molecule has 0 N–H and O–H groups in total. The van der Waals surface area contributed by atoms with Gasteiger partial charge in [-0.15, -0.1) is 0 Å². The Hall–Kier alpha value is -3.24. The van der Waals surface area contributed by atoms with E-state index in [1.807, 2.05) is 45.0 Å². The number of nitrogens with zero attached hydrogens (tertiary/aromatic N) is 4. The first kappa shape index (κ1) is 19.5. The molecule has 5 nitrogen and oxygen atoms in total. The molecule has 0 atom stereocenters. The molecule has 1 aromatic heterocycles. The summed E-state index contributed by atoms with van der Waals surface area (Å²) in [5, 5.41) is 10.0. The number of rotatable bonds is 5. The maximum absolute atomic E-state index is 13.2. The van der Waals surface area contributed by atoms with E-state index in [4.69, 9.17) is 4.74 Å². The largest absolute Gasteiger partial charge is 0.443 e. The van der Waals surface area contributed by atoms with Crippen LogP contribution in [0.1, 0.15) is 16.7 Å². The Balaban J connectivity index is 1.93. The van der Waals surface area contributed by atoms with Gasteiger partial charge in [-0.25, -0.2) is 9.38 Å². The number of hydrogen-bond donors (Lipinski definition) is 0. The van der Waals surface area contributed by atoms with Gasteiger partial charge in [-0.3, -0.25) is 0 Å². The lowest BCUT2D eigenvalue weighted by Crippen LogP contribution is -2.07. The predicted octanol–water partition coefficient (Wildman–Crippen LogP) is 5.45. The summed E-state index contributed by atoms with van der Waals surface area (Å²) in [7, 11) is 3.82. The Bertz CT molecular complexity index is 1070. The fourth-order valence-corrected chi connectivity index (χ4v) is 3.28. The van der Waals surface area contributed by atoms with Crippen molar-refractivity contribution in [2.24, 2.45) is 4.99 Å². The number of nitriles is 1. The summed E-state index contributed by atoms with van der Waals surface area (Å²) < 4.78 is 23.5. The smallest absolute Gasteiger partial charge is 0.218 e. The van der Waals surface area contributed by atoms with Crippen LogP contribution >= 0.6 is 11.5 Å². The van der Waals surface area contributed by atoms with Crippen LogP contribution in [0.15, 0.2) is 41.4 Å². The Labute approximate surface area is 167 Å². The zero-order chi connectivity index (χ0) is 20.3. The minimum absolute atomic E-state index is 0.336. The third-order valence-corrected chi connectivity index (χ3v) is 4.74. The minimum Gasteiger partial charge on any atom is -0.443 e. The molecular weight excluding hydrogens is 375 g/mol. The number of hydrogen-bond acceptors (Lipinski definition) is 5. The van der Waals surface area contributed by atoms with Crippen LogP contribution in [0.2, 0.25) is 0 Å². The topological polar surface area (TPSA) is 61.5 Å². The second-order valence-corrected chi connectivity index (χ2v) is 7.26. The summed E-state index contributed by atoms with van der Waals surface area (Å²) in [6.45, 7) is 3.88. The molecule has 0 aliphatic rings. The van der Waals surface area contributed by atoms with Crippen molar-refractivity contribution in [1.29, 1.82) is 5.26 Å². The molecule has 0 saturated carbocycles. The number of aliphatic imine (C=N–C) groups is 1. The molecule has 0 spiro atoms. The van der Waals surface area contributed by atoms with Crippen molar-refractivity contribution in [3.8, 4) is 28.1 Å². The fraction of sp³-hybridized carbons (Fsp3) is 0.190. The van der Waals surface area contributed by atoms with Crippen LogP contribution < -0.4 is 4.74 Å². The lowest BCUT2D eigenvalue weighted by Gasteiger charge is -2.11. The highest BCUT2D eigenvalue weighted by molar-refractivity contribution is 7.08. The Morgan fingerprint density at radius 2 is 1.89 bits per heavy atom. The molecule has 28 heavy (non-hydrogen) atoms. The van der Waals surface area contributed by atoms with E-state index >= 15 is 0 Å². The molecule has 2 aromatic carbocycles. The second-order valence-electron chi connectivity index (χ2n) is 6.53. The molecule has 142 valence electrons. The Kier molecular flexibility index (Phi) is 5.71. The first-order valence-electron chi connectivity index (χ1n) is 8.54. The summed E-state index contributed by atoms with van der Waals surface area (Å²) in [5.41, 5.74) is 4.21. The quantitative estimate of drug-likeness (QED) is 0.426. The van der Waals surface area contributed by atoms with Gasteiger partial charge in [-0.1, -0.05) is 0 Å². The second kappa shape index (κ2) is 8.19. The van der Waals surface area contributed by atoms with E-state index in [1.54, 1.807) is 18.5 Å². The van der Waals surface area contributed by atoms with Crippen LogP contribution in [0, 0.1) is 31.0 Å². The average Bonchev–Trinajstić information content (AvgIpc) is 3.06. The monoisotopic (exact) mass is 394 g/mol. The van der Waals surface area contributed by atoms with Gasteiger partial charge in [-0.05, 0) is 61.4 Å². The first-order valence-corrected chi connectivity index (χ1v) is 9.32. The molecule has 0 saturated heterocycles. The van der Waals surface area contributed by atoms with Gasteiger partial charge in [0.25, 0.3) is 0 Å². The van der Waals surface area contributed by atoms with Crippen molar-refractivity contribution in [2.45, 2.75) is 13.8 Å². The van der Waals surface area contributed by atoms with Crippen molar-refractivity contribution < 1.29 is 9.13 Å². The number of ether oxygens (including phenoxy) is 1. The molecule has 0 amide bonds. The molecule has 0 aliphatic heterocycles. The van der Waals surface area contributed by atoms with Crippen molar-refractivity contribution >= 4 is 23.6 Å². The van der Waals surface area contributed by atoms with E-state index in [1.165, 1.54) is 12.1 Å². The summed E-state index contributed by atoms with van der Waals surface area (Å²) in [6.07, 6.45) is 1.74. The molecular formula is C21H19FN4OS. The van der Waals surface area contributed by atoms with E-state index < -0.39 is 0 Å². The molecule has 3 rings (SSSR count). The Morgan fingerprint density at radius 1 is 1.18 bits per heavy atom. The summed E-state index contributed by atoms with van der Waals surface area (Å²) in [6, 6.07) is 11.9. The van der Waals surface area contributed by atoms with Crippen LogP contribution in [0.4, 0.5) is 10.1 Å². The third-order valence-electron chi connectivity index (χ3n) is 4.01. The highest BCUT2D eigenvalue weighted by Crippen LogP contribution is 2.38. The van der Waals surface area contributed by atoms with Crippen molar-refractivity contribution in [1.82, 2.24) is 9.27 Å². The van der Waals surface area contributed by atoms with Crippen molar-refractivity contribution in [3.63, 3.8) is 0 Å². The van der Waals surface area contributed by atoms with E-state index in [0.29, 0.717) is 27.6 Å². The number of halogens is 1. The van der Waals surface area contributed by atoms with Gasteiger partial charge in [0.2, 0.25) is 5.06 Å². The molecule has 1 heterocycles. The number of aromatic nitrogens is 1. The predicted molar refractivity (Wildman–Crippen MR) is 110 cm³/mol. The van der Waals surface area contributed by atoms with Crippen molar-refractivity contribution in [2.75, 3.05) is 14.1 Å². The molecule has 0 fully saturated rings. The lowest BCUT2D eigenvalue weighted by molar-refractivity contribution is 0.491. The fourth-order valence-electron chi connectivity index (χ4n) is 2.55. The normalized spacial score (nSPS) is 10.9. The minimum atomic E-state index is -0.336. The van der Waals surface area contributed by atoms with Gasteiger partial charge in [0, 0.05) is 31.2 Å². The maximum atomic E-state index is 13.2. The van der Waals surface area contributed by atoms with Gasteiger partial charge in [-0.2, -0.15) is 9.64 Å². The number of aryl methyl sites for hydroxylation is 2. The van der Waals surface area contributed by atoms with Gasteiger partial charge < -0.3 is 9.64 Å². The highest BCUT2D eigenvalue weighted by Gasteiger charge is 2.18. The van der Waals surface area contributed by atoms with Gasteiger partial charge in [0.15, 0.2) is 0 Å². The molecule has 0 radical (unpaired) electrons. The first-order chi connectivity index (χ1) is 13.4. The highest BCUT2D eigenvalue weighted by atomic mass is 32.1. The summed E-state index contributed by atoms with van der Waals surface area (Å²) >= 11 is 1.10. The molecule has 0 aliphatic carbocycles.